The van der Waals surface area contributed by atoms with E-state index in [0.717, 1.165) is 77.3 Å². The fourth-order valence-corrected chi connectivity index (χ4v) is 11.5. The Kier molecular flexibility index (Phi) is 10.0. The quantitative estimate of drug-likeness (QED) is 0.143. The third-order valence-corrected chi connectivity index (χ3v) is 14.8. The Hall–Kier alpha value is -9.64. The number of hydrogen-bond donors (Lipinski definition) is 0. The minimum absolute atomic E-state index is 0.502. The summed E-state index contributed by atoms with van der Waals surface area (Å²) in [6.07, 6.45) is 0. The number of para-hydroxylation sites is 1. The number of hydrogen-bond acceptors (Lipinski definition) is 4. The molecule has 2 aromatic heterocycles. The van der Waals surface area contributed by atoms with Crippen molar-refractivity contribution < 1.29 is 0 Å². The average Bonchev–Trinajstić information content (AvgIpc) is 3.78. The molecule has 0 unspecified atom stereocenters. The van der Waals surface area contributed by atoms with Gasteiger partial charge in [0.15, 0.2) is 17.5 Å². The van der Waals surface area contributed by atoms with Gasteiger partial charge in [-0.15, -0.1) is 0 Å². The second kappa shape index (κ2) is 17.3. The second-order valence-electron chi connectivity index (χ2n) is 18.9. The van der Waals surface area contributed by atoms with Gasteiger partial charge in [-0.05, 0) is 102 Å². The Bertz CT molecular complexity index is 4150. The van der Waals surface area contributed by atoms with E-state index in [1.807, 2.05) is 36.4 Å². The first-order chi connectivity index (χ1) is 36.2. The van der Waals surface area contributed by atoms with Gasteiger partial charge >= 0.3 is 0 Å². The molecule has 13 aromatic rings. The summed E-state index contributed by atoms with van der Waals surface area (Å²) in [5, 5.41) is 5.73. The monoisotopic (exact) mass is 928 g/mol. The Balaban J connectivity index is 1.01. The third-order valence-electron chi connectivity index (χ3n) is 14.8. The molecule has 1 aliphatic rings. The van der Waals surface area contributed by atoms with Crippen LogP contribution < -0.4 is 0 Å². The van der Waals surface area contributed by atoms with Gasteiger partial charge in [0.1, 0.15) is 0 Å². The summed E-state index contributed by atoms with van der Waals surface area (Å²) in [7, 11) is 0. The number of pyridine rings is 1. The maximum atomic E-state index is 5.37. The molecule has 14 rings (SSSR count). The SMILES string of the molecule is c1ccc(-c2nc(-c3ccccc3)nc(-c3cc(-c4ccc5c(c4)-c4ccccc4C5(c4ccccc4)c4ccccc4)cc(-c4ccc(-c5nc6ccccc6c6ccccc56)c5ccccc45)c3)n2)cc1. The fourth-order valence-electron chi connectivity index (χ4n) is 11.5. The van der Waals surface area contributed by atoms with Gasteiger partial charge in [-0.1, -0.05) is 237 Å². The molecule has 0 fully saturated rings. The highest BCUT2D eigenvalue weighted by Crippen LogP contribution is 2.57. The molecule has 0 spiro atoms. The zero-order chi connectivity index (χ0) is 48.3. The fraction of sp³-hybridized carbons (Fsp3) is 0.0145. The molecule has 0 amide bonds. The van der Waals surface area contributed by atoms with Crippen LogP contribution in [0.5, 0.6) is 0 Å². The van der Waals surface area contributed by atoms with Crippen molar-refractivity contribution in [3.63, 3.8) is 0 Å². The molecule has 4 heteroatoms. The van der Waals surface area contributed by atoms with E-state index in [1.54, 1.807) is 0 Å². The normalized spacial score (nSPS) is 12.5. The van der Waals surface area contributed by atoms with Crippen LogP contribution in [0.1, 0.15) is 22.3 Å². The topological polar surface area (TPSA) is 51.6 Å². The number of rotatable bonds is 8. The Labute approximate surface area is 423 Å². The summed E-state index contributed by atoms with van der Waals surface area (Å²) in [5.74, 6) is 1.84. The first kappa shape index (κ1) is 42.3. The van der Waals surface area contributed by atoms with Crippen LogP contribution in [0.3, 0.4) is 0 Å². The number of nitrogens with zero attached hydrogens (tertiary/aromatic N) is 4. The van der Waals surface area contributed by atoms with E-state index in [9.17, 15) is 0 Å². The van der Waals surface area contributed by atoms with Crippen LogP contribution in [0.4, 0.5) is 0 Å². The predicted molar refractivity (Wildman–Crippen MR) is 300 cm³/mol. The Morgan fingerprint density at radius 1 is 0.233 bits per heavy atom. The van der Waals surface area contributed by atoms with Gasteiger partial charge in [-0.25, -0.2) is 19.9 Å². The van der Waals surface area contributed by atoms with E-state index < -0.39 is 5.41 Å². The Morgan fingerprint density at radius 3 is 1.36 bits per heavy atom. The zero-order valence-corrected chi connectivity index (χ0v) is 39.7. The highest BCUT2D eigenvalue weighted by atomic mass is 15.0. The zero-order valence-electron chi connectivity index (χ0n) is 39.7. The molecule has 0 bridgehead atoms. The molecule has 0 N–H and O–H groups in total. The van der Waals surface area contributed by atoms with Crippen LogP contribution in [0, 0.1) is 0 Å². The summed E-state index contributed by atoms with van der Waals surface area (Å²) in [6.45, 7) is 0. The van der Waals surface area contributed by atoms with Crippen molar-refractivity contribution in [1.82, 2.24) is 19.9 Å². The van der Waals surface area contributed by atoms with E-state index >= 15 is 0 Å². The lowest BCUT2D eigenvalue weighted by atomic mass is 9.67. The van der Waals surface area contributed by atoms with Gasteiger partial charge in [0, 0.05) is 33.0 Å². The minimum atomic E-state index is -0.502. The van der Waals surface area contributed by atoms with Crippen molar-refractivity contribution >= 4 is 32.4 Å². The molecule has 0 atom stereocenters. The lowest BCUT2D eigenvalue weighted by Gasteiger charge is -2.33. The summed E-state index contributed by atoms with van der Waals surface area (Å²) < 4.78 is 0. The number of benzene rings is 11. The lowest BCUT2D eigenvalue weighted by molar-refractivity contribution is 0.768. The first-order valence-electron chi connectivity index (χ1n) is 24.9. The van der Waals surface area contributed by atoms with Crippen molar-refractivity contribution in [2.75, 3.05) is 0 Å². The summed E-state index contributed by atoms with van der Waals surface area (Å²) in [5.41, 5.74) is 17.1. The molecule has 0 saturated heterocycles. The average molecular weight is 929 g/mol. The molecular weight excluding hydrogens is 885 g/mol. The van der Waals surface area contributed by atoms with E-state index in [-0.39, 0.29) is 0 Å². The molecule has 0 radical (unpaired) electrons. The van der Waals surface area contributed by atoms with Crippen LogP contribution >= 0.6 is 0 Å². The number of aromatic nitrogens is 4. The van der Waals surface area contributed by atoms with Gasteiger partial charge in [0.25, 0.3) is 0 Å². The van der Waals surface area contributed by atoms with Gasteiger partial charge in [0.2, 0.25) is 0 Å². The van der Waals surface area contributed by atoms with Crippen LogP contribution in [0.25, 0.3) is 111 Å². The second-order valence-corrected chi connectivity index (χ2v) is 18.9. The highest BCUT2D eigenvalue weighted by molar-refractivity contribution is 6.15. The smallest absolute Gasteiger partial charge is 0.164 e. The van der Waals surface area contributed by atoms with E-state index in [0.29, 0.717) is 17.5 Å². The molecular formula is C69H44N4. The summed E-state index contributed by atoms with van der Waals surface area (Å²) >= 11 is 0. The molecule has 73 heavy (non-hydrogen) atoms. The van der Waals surface area contributed by atoms with E-state index in [2.05, 4.69) is 231 Å². The summed E-state index contributed by atoms with van der Waals surface area (Å²) in [4.78, 5) is 21.0. The van der Waals surface area contributed by atoms with Crippen LogP contribution in [0.2, 0.25) is 0 Å². The molecule has 340 valence electrons. The summed E-state index contributed by atoms with van der Waals surface area (Å²) in [6, 6.07) is 95.6. The van der Waals surface area contributed by atoms with E-state index in [4.69, 9.17) is 19.9 Å². The maximum absolute atomic E-state index is 5.37. The highest BCUT2D eigenvalue weighted by Gasteiger charge is 2.46. The van der Waals surface area contributed by atoms with Gasteiger partial charge in [-0.2, -0.15) is 0 Å². The van der Waals surface area contributed by atoms with E-state index in [1.165, 1.54) is 38.8 Å². The predicted octanol–water partition coefficient (Wildman–Crippen LogP) is 17.1. The van der Waals surface area contributed by atoms with Crippen molar-refractivity contribution in [1.29, 1.82) is 0 Å². The number of fused-ring (bicyclic) bond motifs is 7. The van der Waals surface area contributed by atoms with Crippen LogP contribution in [-0.4, -0.2) is 19.9 Å². The molecule has 1 aliphatic carbocycles. The van der Waals surface area contributed by atoms with Crippen molar-refractivity contribution in [3.05, 3.63) is 289 Å². The van der Waals surface area contributed by atoms with Crippen molar-refractivity contribution in [2.45, 2.75) is 5.41 Å². The lowest BCUT2D eigenvalue weighted by Crippen LogP contribution is -2.28. The Morgan fingerprint density at radius 2 is 0.699 bits per heavy atom. The van der Waals surface area contributed by atoms with Crippen LogP contribution in [-0.2, 0) is 5.41 Å². The molecule has 4 nitrogen and oxygen atoms in total. The first-order valence-corrected chi connectivity index (χ1v) is 24.9. The van der Waals surface area contributed by atoms with Crippen molar-refractivity contribution in [3.8, 4) is 78.8 Å². The molecule has 0 aliphatic heterocycles. The standard InChI is InChI=1S/C69H44N4/c1-5-21-45(22-6-1)66-71-67(46-23-7-2-8-24-46)73-68(72-66)50-42-48(47-37-40-63-61(44-47)57-32-17-19-35-62(57)69(63,51-25-9-3-10-26-51)52-27-11-4-12-28-52)41-49(43-50)53-38-39-60(55-30-14-13-29-54(53)55)65-59-34-16-15-31-56(59)58-33-18-20-36-64(58)70-65/h1-44H. The minimum Gasteiger partial charge on any atom is -0.247 e. The molecule has 2 heterocycles. The van der Waals surface area contributed by atoms with Gasteiger partial charge in [0.05, 0.1) is 16.6 Å². The van der Waals surface area contributed by atoms with Crippen LogP contribution in [0.15, 0.2) is 267 Å². The maximum Gasteiger partial charge on any atom is 0.164 e. The van der Waals surface area contributed by atoms with Crippen molar-refractivity contribution in [2.24, 2.45) is 0 Å². The molecule has 0 saturated carbocycles. The molecule has 11 aromatic carbocycles. The van der Waals surface area contributed by atoms with Gasteiger partial charge < -0.3 is 0 Å². The largest absolute Gasteiger partial charge is 0.247 e. The van der Waals surface area contributed by atoms with Gasteiger partial charge in [-0.3, -0.25) is 0 Å². The third kappa shape index (κ3) is 6.98.